The van der Waals surface area contributed by atoms with Crippen LogP contribution in [0.5, 0.6) is 0 Å². The Kier molecular flexibility index (Phi) is 16.5. The largest absolute Gasteiger partial charge is 0.463 e. The van der Waals surface area contributed by atoms with E-state index in [4.69, 9.17) is 42.6 Å². The van der Waals surface area contributed by atoms with Gasteiger partial charge in [-0.15, -0.1) is 0 Å². The normalized spacial score (nSPS) is 26.6. The highest BCUT2D eigenvalue weighted by atomic mass is 32.2. The number of nitrogens with one attached hydrogen (secondary N) is 2. The molecule has 0 aliphatic carbocycles. The maximum atomic E-state index is 14.1. The predicted octanol–water partition coefficient (Wildman–Crippen LogP) is 0.617. The third kappa shape index (κ3) is 13.5. The molecule has 10 atom stereocenters. The van der Waals surface area contributed by atoms with Crippen LogP contribution in [0.15, 0.2) is 58.3 Å². The minimum absolute atomic E-state index is 0.265. The quantitative estimate of drug-likeness (QED) is 0.173. The third-order valence-corrected chi connectivity index (χ3v) is 11.8. The summed E-state index contributed by atoms with van der Waals surface area (Å²) in [5, 5.41) is 0. The highest BCUT2D eigenvalue weighted by molar-refractivity contribution is 7.90. The molecule has 2 saturated heterocycles. The zero-order valence-corrected chi connectivity index (χ0v) is 36.0. The number of rotatable bonds is 16. The van der Waals surface area contributed by atoms with E-state index in [1.54, 1.807) is 13.8 Å². The van der Waals surface area contributed by atoms with E-state index in [1.165, 1.54) is 48.5 Å². The lowest BCUT2D eigenvalue weighted by molar-refractivity contribution is -0.339. The second kappa shape index (κ2) is 20.7. The van der Waals surface area contributed by atoms with Gasteiger partial charge in [0.15, 0.2) is 30.7 Å². The van der Waals surface area contributed by atoms with Crippen molar-refractivity contribution in [3.05, 3.63) is 59.7 Å². The molecular weight excluding hydrogens is 853 g/mol. The molecule has 2 N–H and O–H groups in total. The van der Waals surface area contributed by atoms with Crippen molar-refractivity contribution in [3.8, 4) is 0 Å². The summed E-state index contributed by atoms with van der Waals surface area (Å²) in [6, 6.07) is 9.19. The standard InChI is InChI=1S/C38H48N2O19S2/c1-19-9-13-27(14-10-19)60(47,48)39-31-34(54-24(6)44)32(29(17-51-21(3)41)57-37(31)40-61(49,50)28-15-11-20(2)12-16-28)59-38-36(56-26(8)46)35(55-25(7)45)33(53-23(5)43)30(58-38)18-52-22(4)42/h9-16,29-40H,17-18H2,1-8H3/t29-,30-,31-,32-,33+,34-,35+,36-,37-,38+/m1/s1. The minimum Gasteiger partial charge on any atom is -0.463 e. The molecule has 0 amide bonds. The van der Waals surface area contributed by atoms with Gasteiger partial charge in [0.2, 0.25) is 20.0 Å². The van der Waals surface area contributed by atoms with Crippen molar-refractivity contribution >= 4 is 55.9 Å². The van der Waals surface area contributed by atoms with Crippen LogP contribution in [0.1, 0.15) is 52.7 Å². The first-order valence-electron chi connectivity index (χ1n) is 18.6. The molecule has 0 unspecified atom stereocenters. The van der Waals surface area contributed by atoms with E-state index in [0.717, 1.165) is 47.1 Å². The highest BCUT2D eigenvalue weighted by Crippen LogP contribution is 2.35. The lowest BCUT2D eigenvalue weighted by atomic mass is 9.95. The number of ether oxygens (including phenoxy) is 9. The van der Waals surface area contributed by atoms with Crippen LogP contribution in [0.25, 0.3) is 0 Å². The number of carbonyl (C=O) groups excluding carboxylic acids is 6. The van der Waals surface area contributed by atoms with Gasteiger partial charge < -0.3 is 42.6 Å². The Hall–Kier alpha value is -5.04. The highest BCUT2D eigenvalue weighted by Gasteiger charge is 2.57. The van der Waals surface area contributed by atoms with Crippen molar-refractivity contribution in [1.29, 1.82) is 0 Å². The first-order chi connectivity index (χ1) is 28.5. The molecule has 0 aromatic heterocycles. The predicted molar refractivity (Wildman–Crippen MR) is 204 cm³/mol. The zero-order valence-electron chi connectivity index (χ0n) is 34.4. The second-order valence-electron chi connectivity index (χ2n) is 14.0. The summed E-state index contributed by atoms with van der Waals surface area (Å²) in [7, 11) is -9.22. The Morgan fingerprint density at radius 1 is 0.508 bits per heavy atom. The monoisotopic (exact) mass is 900 g/mol. The molecule has 2 aromatic carbocycles. The fourth-order valence-electron chi connectivity index (χ4n) is 6.36. The molecule has 21 nitrogen and oxygen atoms in total. The van der Waals surface area contributed by atoms with Crippen LogP contribution in [0, 0.1) is 13.8 Å². The molecule has 0 bridgehead atoms. The Balaban J connectivity index is 1.93. The molecule has 23 heteroatoms. The summed E-state index contributed by atoms with van der Waals surface area (Å²) in [5.41, 5.74) is 1.42. The van der Waals surface area contributed by atoms with Crippen molar-refractivity contribution in [3.63, 3.8) is 0 Å². The van der Waals surface area contributed by atoms with Gasteiger partial charge in [-0.05, 0) is 38.1 Å². The number of esters is 6. The molecule has 2 aliphatic rings. The van der Waals surface area contributed by atoms with Gasteiger partial charge in [-0.1, -0.05) is 35.4 Å². The molecule has 0 radical (unpaired) electrons. The Morgan fingerprint density at radius 3 is 1.34 bits per heavy atom. The summed E-state index contributed by atoms with van der Waals surface area (Å²) in [5.74, 6) is -5.60. The average molecular weight is 901 g/mol. The minimum atomic E-state index is -4.65. The summed E-state index contributed by atoms with van der Waals surface area (Å²) >= 11 is 0. The Labute approximate surface area is 352 Å². The maximum absolute atomic E-state index is 14.1. The van der Waals surface area contributed by atoms with Gasteiger partial charge in [-0.2, -0.15) is 4.72 Å². The molecule has 2 heterocycles. The first kappa shape index (κ1) is 48.6. The number of sulfonamides is 2. The van der Waals surface area contributed by atoms with Crippen LogP contribution in [0.2, 0.25) is 0 Å². The summed E-state index contributed by atoms with van der Waals surface area (Å²) in [4.78, 5) is 73.9. The SMILES string of the molecule is CC(=O)OC[C@H]1O[C@@H](O[C@H]2[C@H](OC(C)=O)[C@@H](NS(=O)(=O)c3ccc(C)cc3)[C@H](NS(=O)(=O)c3ccc(C)cc3)O[C@@H]2COC(C)=O)[C@H](OC(C)=O)[C@@H](OC(C)=O)[C@H]1OC(C)=O. The number of hydrogen-bond acceptors (Lipinski definition) is 19. The van der Waals surface area contributed by atoms with E-state index in [1.807, 2.05) is 0 Å². The summed E-state index contributed by atoms with van der Waals surface area (Å²) in [6.07, 6.45) is -16.1. The number of hydrogen-bond donors (Lipinski definition) is 2. The number of benzene rings is 2. The molecule has 2 aliphatic heterocycles. The molecule has 61 heavy (non-hydrogen) atoms. The van der Waals surface area contributed by atoms with Crippen molar-refractivity contribution in [2.45, 2.75) is 126 Å². The van der Waals surface area contributed by atoms with Crippen LogP contribution in [-0.2, 0) is 91.4 Å². The van der Waals surface area contributed by atoms with Crippen LogP contribution in [-0.4, -0.2) is 127 Å². The summed E-state index contributed by atoms with van der Waals surface area (Å²) < 4.78 is 112. The molecular formula is C38H48N2O19S2. The van der Waals surface area contributed by atoms with Crippen molar-refractivity contribution in [1.82, 2.24) is 9.44 Å². The van der Waals surface area contributed by atoms with Gasteiger partial charge in [0, 0.05) is 41.5 Å². The van der Waals surface area contributed by atoms with Crippen LogP contribution in [0.4, 0.5) is 0 Å². The maximum Gasteiger partial charge on any atom is 0.303 e. The lowest BCUT2D eigenvalue weighted by Gasteiger charge is -2.49. The van der Waals surface area contributed by atoms with E-state index < -0.39 is 130 Å². The fraction of sp³-hybridized carbons (Fsp3) is 0.526. The van der Waals surface area contributed by atoms with Crippen molar-refractivity contribution < 1.29 is 88.2 Å². The third-order valence-electron chi connectivity index (χ3n) is 8.91. The topological polar surface area (TPSA) is 278 Å². The lowest BCUT2D eigenvalue weighted by Crippen LogP contribution is -2.71. The van der Waals surface area contributed by atoms with Gasteiger partial charge >= 0.3 is 35.8 Å². The van der Waals surface area contributed by atoms with Gasteiger partial charge in [0.1, 0.15) is 43.8 Å². The van der Waals surface area contributed by atoms with Crippen molar-refractivity contribution in [2.75, 3.05) is 13.2 Å². The number of aryl methyl sites for hydroxylation is 2. The first-order valence-corrected chi connectivity index (χ1v) is 21.5. The van der Waals surface area contributed by atoms with Crippen LogP contribution >= 0.6 is 0 Å². The fourth-order valence-corrected chi connectivity index (χ4v) is 8.74. The number of carbonyl (C=O) groups is 6. The molecule has 0 saturated carbocycles. The van der Waals surface area contributed by atoms with E-state index in [-0.39, 0.29) is 9.79 Å². The summed E-state index contributed by atoms with van der Waals surface area (Å²) in [6.45, 7) is 8.05. The molecule has 0 spiro atoms. The molecule has 4 rings (SSSR count). The smallest absolute Gasteiger partial charge is 0.303 e. The van der Waals surface area contributed by atoms with Gasteiger partial charge in [0.25, 0.3) is 0 Å². The van der Waals surface area contributed by atoms with Crippen molar-refractivity contribution in [2.24, 2.45) is 0 Å². The van der Waals surface area contributed by atoms with E-state index >= 15 is 0 Å². The van der Waals surface area contributed by atoms with E-state index in [0.29, 0.717) is 5.56 Å². The van der Waals surface area contributed by atoms with E-state index in [2.05, 4.69) is 9.44 Å². The van der Waals surface area contributed by atoms with Gasteiger partial charge in [-0.25, -0.2) is 21.6 Å². The Morgan fingerprint density at radius 2 is 0.902 bits per heavy atom. The van der Waals surface area contributed by atoms with Gasteiger partial charge in [-0.3, -0.25) is 28.8 Å². The molecule has 336 valence electrons. The molecule has 2 aromatic rings. The molecule has 2 fully saturated rings. The van der Waals surface area contributed by atoms with E-state index in [9.17, 15) is 45.6 Å². The average Bonchev–Trinajstić information content (AvgIpc) is 3.14. The Bertz CT molecular complexity index is 2150. The zero-order chi connectivity index (χ0) is 45.4. The van der Waals surface area contributed by atoms with Crippen LogP contribution < -0.4 is 9.44 Å². The van der Waals surface area contributed by atoms with Gasteiger partial charge in [0.05, 0.1) is 9.79 Å². The van der Waals surface area contributed by atoms with Crippen LogP contribution in [0.3, 0.4) is 0 Å². The second-order valence-corrected chi connectivity index (χ2v) is 17.5.